The van der Waals surface area contributed by atoms with E-state index in [2.05, 4.69) is 4.74 Å². The molecule has 5 heteroatoms. The van der Waals surface area contributed by atoms with Crippen LogP contribution in [0.4, 0.5) is 4.79 Å². The average Bonchev–Trinajstić information content (AvgIpc) is 2.57. The average molecular weight is 224 g/mol. The van der Waals surface area contributed by atoms with Crippen LogP contribution in [0.5, 0.6) is 10.8 Å². The lowest BCUT2D eigenvalue weighted by Crippen LogP contribution is -2.00. The topological polar surface area (TPSA) is 55.8 Å². The maximum Gasteiger partial charge on any atom is 0.512 e. The van der Waals surface area contributed by atoms with E-state index in [0.29, 0.717) is 5.06 Å². The minimum Gasteiger partial charge on any atom is -0.497 e. The summed E-state index contributed by atoms with van der Waals surface area (Å²) in [6.07, 6.45) is -1.30. The van der Waals surface area contributed by atoms with E-state index >= 15 is 0 Å². The Morgan fingerprint density at radius 2 is 2.20 bits per heavy atom. The Hall–Kier alpha value is -1.75. The first-order valence-corrected chi connectivity index (χ1v) is 4.99. The molecule has 1 heterocycles. The van der Waals surface area contributed by atoms with Crippen LogP contribution in [0.25, 0.3) is 10.1 Å². The highest BCUT2D eigenvalue weighted by molar-refractivity contribution is 7.20. The van der Waals surface area contributed by atoms with Gasteiger partial charge in [-0.2, -0.15) is 0 Å². The van der Waals surface area contributed by atoms with E-state index in [9.17, 15) is 4.79 Å². The lowest BCUT2D eigenvalue weighted by atomic mass is 10.2. The molecule has 0 saturated heterocycles. The van der Waals surface area contributed by atoms with Crippen LogP contribution in [-0.2, 0) is 0 Å². The number of hydrogen-bond acceptors (Lipinski definition) is 4. The van der Waals surface area contributed by atoms with Crippen molar-refractivity contribution in [3.63, 3.8) is 0 Å². The molecule has 0 bridgehead atoms. The summed E-state index contributed by atoms with van der Waals surface area (Å²) in [7, 11) is 1.59. The third kappa shape index (κ3) is 2.02. The Kier molecular flexibility index (Phi) is 2.47. The highest BCUT2D eigenvalue weighted by Gasteiger charge is 2.06. The van der Waals surface area contributed by atoms with Crippen molar-refractivity contribution in [2.24, 2.45) is 0 Å². The van der Waals surface area contributed by atoms with E-state index < -0.39 is 6.16 Å². The molecule has 1 aromatic heterocycles. The summed E-state index contributed by atoms with van der Waals surface area (Å²) >= 11 is 1.27. The van der Waals surface area contributed by atoms with Gasteiger partial charge < -0.3 is 14.6 Å². The molecule has 0 unspecified atom stereocenters. The van der Waals surface area contributed by atoms with Gasteiger partial charge in [0.25, 0.3) is 0 Å². The molecule has 0 spiro atoms. The van der Waals surface area contributed by atoms with Gasteiger partial charge in [-0.3, -0.25) is 0 Å². The Balaban J connectivity index is 2.42. The van der Waals surface area contributed by atoms with Crippen molar-refractivity contribution < 1.29 is 19.4 Å². The van der Waals surface area contributed by atoms with E-state index in [-0.39, 0.29) is 0 Å². The van der Waals surface area contributed by atoms with Gasteiger partial charge in [0.2, 0.25) is 0 Å². The Bertz CT molecular complexity index is 503. The van der Waals surface area contributed by atoms with Crippen LogP contribution in [0, 0.1) is 0 Å². The molecule has 2 aromatic rings. The Labute approximate surface area is 89.7 Å². The minimum atomic E-state index is -1.30. The fourth-order valence-corrected chi connectivity index (χ4v) is 2.19. The van der Waals surface area contributed by atoms with Gasteiger partial charge in [-0.05, 0) is 23.6 Å². The summed E-state index contributed by atoms with van der Waals surface area (Å²) in [5.41, 5.74) is 0. The largest absolute Gasteiger partial charge is 0.512 e. The lowest BCUT2D eigenvalue weighted by Gasteiger charge is -1.96. The SMILES string of the molecule is COc1ccc2cc(OC(=O)O)sc2c1. The summed E-state index contributed by atoms with van der Waals surface area (Å²) in [5, 5.41) is 9.76. The van der Waals surface area contributed by atoms with Gasteiger partial charge in [0.1, 0.15) is 5.75 Å². The van der Waals surface area contributed by atoms with E-state index in [1.165, 1.54) is 11.3 Å². The molecule has 1 N–H and O–H groups in total. The van der Waals surface area contributed by atoms with Gasteiger partial charge in [-0.25, -0.2) is 4.79 Å². The van der Waals surface area contributed by atoms with Crippen molar-refractivity contribution >= 4 is 27.6 Å². The number of rotatable bonds is 2. The summed E-state index contributed by atoms with van der Waals surface area (Å²) in [6.45, 7) is 0. The molecule has 15 heavy (non-hydrogen) atoms. The summed E-state index contributed by atoms with van der Waals surface area (Å²) < 4.78 is 10.6. The van der Waals surface area contributed by atoms with Crippen LogP contribution in [0.2, 0.25) is 0 Å². The first-order chi connectivity index (χ1) is 7.19. The number of benzene rings is 1. The van der Waals surface area contributed by atoms with E-state index in [4.69, 9.17) is 9.84 Å². The van der Waals surface area contributed by atoms with Crippen LogP contribution in [0.15, 0.2) is 24.3 Å². The molecule has 0 aliphatic heterocycles. The molecule has 0 aliphatic carbocycles. The quantitative estimate of drug-likeness (QED) is 0.797. The Morgan fingerprint density at radius 1 is 1.40 bits per heavy atom. The van der Waals surface area contributed by atoms with Crippen LogP contribution < -0.4 is 9.47 Å². The zero-order valence-electron chi connectivity index (χ0n) is 7.89. The molecule has 0 saturated carbocycles. The first-order valence-electron chi connectivity index (χ1n) is 4.17. The van der Waals surface area contributed by atoms with Gasteiger partial charge in [0.05, 0.1) is 7.11 Å². The highest BCUT2D eigenvalue weighted by atomic mass is 32.1. The molecular weight excluding hydrogens is 216 g/mol. The van der Waals surface area contributed by atoms with Crippen molar-refractivity contribution in [3.05, 3.63) is 24.3 Å². The predicted octanol–water partition coefficient (Wildman–Crippen LogP) is 2.97. The van der Waals surface area contributed by atoms with E-state index in [1.54, 1.807) is 13.2 Å². The van der Waals surface area contributed by atoms with Gasteiger partial charge >= 0.3 is 6.16 Å². The van der Waals surface area contributed by atoms with Crippen molar-refractivity contribution in [1.82, 2.24) is 0 Å². The molecule has 4 nitrogen and oxygen atoms in total. The normalized spacial score (nSPS) is 10.2. The molecular formula is C10H8O4S. The fraction of sp³-hybridized carbons (Fsp3) is 0.100. The van der Waals surface area contributed by atoms with Gasteiger partial charge in [0.15, 0.2) is 5.06 Å². The van der Waals surface area contributed by atoms with E-state index in [0.717, 1.165) is 15.8 Å². The third-order valence-electron chi connectivity index (χ3n) is 1.89. The van der Waals surface area contributed by atoms with E-state index in [1.807, 2.05) is 18.2 Å². The van der Waals surface area contributed by atoms with Crippen molar-refractivity contribution in [1.29, 1.82) is 0 Å². The summed E-state index contributed by atoms with van der Waals surface area (Å²) in [4.78, 5) is 10.3. The predicted molar refractivity (Wildman–Crippen MR) is 57.0 cm³/mol. The Morgan fingerprint density at radius 3 is 2.87 bits per heavy atom. The molecule has 0 fully saturated rings. The van der Waals surface area contributed by atoms with Crippen LogP contribution >= 0.6 is 11.3 Å². The van der Waals surface area contributed by atoms with Gasteiger partial charge in [-0.1, -0.05) is 11.3 Å². The molecule has 0 radical (unpaired) electrons. The number of hydrogen-bond donors (Lipinski definition) is 1. The van der Waals surface area contributed by atoms with Gasteiger partial charge in [-0.15, -0.1) is 0 Å². The summed E-state index contributed by atoms with van der Waals surface area (Å²) in [6, 6.07) is 7.21. The fourth-order valence-electron chi connectivity index (χ4n) is 1.25. The standard InChI is InChI=1S/C10H8O4S/c1-13-7-3-2-6-4-9(14-10(11)12)15-8(6)5-7/h2-5H,1H3,(H,11,12). The number of ether oxygens (including phenoxy) is 2. The zero-order chi connectivity index (χ0) is 10.8. The third-order valence-corrected chi connectivity index (χ3v) is 2.87. The molecule has 78 valence electrons. The molecule has 2 rings (SSSR count). The van der Waals surface area contributed by atoms with Crippen molar-refractivity contribution in [2.75, 3.05) is 7.11 Å². The maximum absolute atomic E-state index is 10.3. The monoisotopic (exact) mass is 224 g/mol. The van der Waals surface area contributed by atoms with Crippen LogP contribution in [-0.4, -0.2) is 18.4 Å². The second kappa shape index (κ2) is 3.78. The second-order valence-electron chi connectivity index (χ2n) is 2.84. The lowest BCUT2D eigenvalue weighted by molar-refractivity contribution is 0.146. The molecule has 0 aliphatic rings. The van der Waals surface area contributed by atoms with Gasteiger partial charge in [0, 0.05) is 10.8 Å². The van der Waals surface area contributed by atoms with Crippen LogP contribution in [0.3, 0.4) is 0 Å². The smallest absolute Gasteiger partial charge is 0.497 e. The number of carboxylic acid groups (broad SMARTS) is 1. The molecule has 0 atom stereocenters. The van der Waals surface area contributed by atoms with Crippen molar-refractivity contribution in [2.45, 2.75) is 0 Å². The number of methoxy groups -OCH3 is 1. The number of fused-ring (bicyclic) bond motifs is 1. The zero-order valence-corrected chi connectivity index (χ0v) is 8.71. The summed E-state index contributed by atoms with van der Waals surface area (Å²) in [5.74, 6) is 0.742. The van der Waals surface area contributed by atoms with Crippen LogP contribution in [0.1, 0.15) is 0 Å². The first kappa shape index (κ1) is 9.79. The molecule has 1 aromatic carbocycles. The highest BCUT2D eigenvalue weighted by Crippen LogP contribution is 2.33. The van der Waals surface area contributed by atoms with Crippen molar-refractivity contribution in [3.8, 4) is 10.8 Å². The molecule has 0 amide bonds. The maximum atomic E-state index is 10.3. The number of thiophene rings is 1. The number of carbonyl (C=O) groups is 1. The second-order valence-corrected chi connectivity index (χ2v) is 3.88. The minimum absolute atomic E-state index is 0.366.